The van der Waals surface area contributed by atoms with Crippen molar-refractivity contribution < 1.29 is 28.7 Å². The normalized spacial score (nSPS) is 14.2. The number of hydrogen-bond donors (Lipinski definition) is 0. The minimum absolute atomic E-state index is 0.0682. The molecular weight excluding hydrogens is 400 g/mol. The largest absolute Gasteiger partial charge is 0.464 e. The molecule has 8 nitrogen and oxygen atoms in total. The molecule has 0 saturated carbocycles. The summed E-state index contributed by atoms with van der Waals surface area (Å²) in [5, 5.41) is 3.83. The number of hydrogen-bond acceptors (Lipinski definition) is 8. The van der Waals surface area contributed by atoms with Crippen LogP contribution in [0.2, 0.25) is 0 Å². The van der Waals surface area contributed by atoms with E-state index in [-0.39, 0.29) is 13.1 Å². The maximum Gasteiger partial charge on any atom is 0.367 e. The molecule has 0 fully saturated rings. The summed E-state index contributed by atoms with van der Waals surface area (Å²) in [7, 11) is 0. The van der Waals surface area contributed by atoms with Crippen LogP contribution in [-0.2, 0) is 28.7 Å². The van der Waals surface area contributed by atoms with E-state index in [0.717, 1.165) is 24.8 Å². The van der Waals surface area contributed by atoms with Gasteiger partial charge in [-0.2, -0.15) is 0 Å². The lowest BCUT2D eigenvalue weighted by atomic mass is 10.0. The minimum Gasteiger partial charge on any atom is -0.464 e. The van der Waals surface area contributed by atoms with E-state index < -0.39 is 17.9 Å². The Kier molecular flexibility index (Phi) is 9.74. The highest BCUT2D eigenvalue weighted by molar-refractivity contribution is 6.25. The van der Waals surface area contributed by atoms with Crippen molar-refractivity contribution in [1.82, 2.24) is 0 Å². The van der Waals surface area contributed by atoms with E-state index in [1.54, 1.807) is 35.2 Å². The van der Waals surface area contributed by atoms with Gasteiger partial charge in [0, 0.05) is 5.69 Å². The van der Waals surface area contributed by atoms with Crippen LogP contribution in [0, 0.1) is 0 Å². The third-order valence-corrected chi connectivity index (χ3v) is 4.40. The number of carbonyl (C=O) groups excluding carboxylic acids is 3. The van der Waals surface area contributed by atoms with Gasteiger partial charge in [-0.1, -0.05) is 44.5 Å². The van der Waals surface area contributed by atoms with Crippen LogP contribution in [0.4, 0.5) is 5.69 Å². The average molecular weight is 431 g/mol. The Labute approximate surface area is 182 Å². The van der Waals surface area contributed by atoms with E-state index >= 15 is 0 Å². The number of ether oxygens (including phenoxy) is 2. The summed E-state index contributed by atoms with van der Waals surface area (Å²) in [6, 6.07) is 7.17. The van der Waals surface area contributed by atoms with Crippen LogP contribution in [0.5, 0.6) is 0 Å². The molecule has 1 aromatic carbocycles. The van der Waals surface area contributed by atoms with Crippen molar-refractivity contribution in [3.63, 3.8) is 0 Å². The summed E-state index contributed by atoms with van der Waals surface area (Å²) >= 11 is 0. The van der Waals surface area contributed by atoms with Gasteiger partial charge in [-0.15, -0.1) is 0 Å². The molecule has 0 aromatic heterocycles. The third-order valence-electron chi connectivity index (χ3n) is 4.40. The molecule has 0 aliphatic carbocycles. The quantitative estimate of drug-likeness (QED) is 0.285. The van der Waals surface area contributed by atoms with Gasteiger partial charge in [0.15, 0.2) is 0 Å². The van der Waals surface area contributed by atoms with Crippen LogP contribution in [0.3, 0.4) is 0 Å². The predicted molar refractivity (Wildman–Crippen MR) is 118 cm³/mol. The molecule has 1 aliphatic heterocycles. The smallest absolute Gasteiger partial charge is 0.367 e. The highest BCUT2D eigenvalue weighted by atomic mass is 16.7. The molecule has 0 N–H and O–H groups in total. The number of benzene rings is 1. The fourth-order valence-corrected chi connectivity index (χ4v) is 2.89. The summed E-state index contributed by atoms with van der Waals surface area (Å²) in [6.07, 6.45) is 4.67. The van der Waals surface area contributed by atoms with Crippen molar-refractivity contribution in [2.45, 2.75) is 46.5 Å². The van der Waals surface area contributed by atoms with E-state index in [1.807, 2.05) is 20.8 Å². The number of nitrogens with zero attached hydrogens (tertiary/aromatic N) is 2. The second-order valence-corrected chi connectivity index (χ2v) is 7.11. The average Bonchev–Trinajstić information content (AvgIpc) is 3.10. The van der Waals surface area contributed by atoms with Gasteiger partial charge in [-0.05, 0) is 43.0 Å². The first-order valence-corrected chi connectivity index (χ1v) is 10.6. The molecule has 1 aliphatic rings. The number of carbonyl (C=O) groups is 3. The van der Waals surface area contributed by atoms with Crippen molar-refractivity contribution in [3.8, 4) is 0 Å². The lowest BCUT2D eigenvalue weighted by Gasteiger charge is -2.23. The van der Waals surface area contributed by atoms with Gasteiger partial charge in [-0.3, -0.25) is 9.59 Å². The minimum atomic E-state index is -0.466. The Morgan fingerprint density at radius 3 is 2.06 bits per heavy atom. The zero-order valence-electron chi connectivity index (χ0n) is 18.4. The van der Waals surface area contributed by atoms with Crippen molar-refractivity contribution in [1.29, 1.82) is 0 Å². The fraction of sp³-hybridized carbons (Fsp3) is 0.478. The lowest BCUT2D eigenvalue weighted by Crippen LogP contribution is -2.36. The molecule has 31 heavy (non-hydrogen) atoms. The second-order valence-electron chi connectivity index (χ2n) is 7.11. The Bertz CT molecular complexity index is 807. The summed E-state index contributed by atoms with van der Waals surface area (Å²) in [5.74, 6) is -1.29. The van der Waals surface area contributed by atoms with Gasteiger partial charge < -0.3 is 19.2 Å². The van der Waals surface area contributed by atoms with Crippen LogP contribution in [0.25, 0.3) is 6.08 Å². The van der Waals surface area contributed by atoms with E-state index in [9.17, 15) is 14.4 Å². The van der Waals surface area contributed by atoms with Crippen molar-refractivity contribution in [2.75, 3.05) is 31.2 Å². The molecule has 0 atom stereocenters. The van der Waals surface area contributed by atoms with E-state index in [2.05, 4.69) is 5.16 Å². The number of rotatable bonds is 12. The van der Waals surface area contributed by atoms with Gasteiger partial charge in [0.05, 0.1) is 24.5 Å². The fourth-order valence-electron chi connectivity index (χ4n) is 2.89. The zero-order chi connectivity index (χ0) is 22.6. The van der Waals surface area contributed by atoms with E-state index in [1.165, 1.54) is 0 Å². The summed E-state index contributed by atoms with van der Waals surface area (Å²) in [4.78, 5) is 42.6. The molecular formula is C23H30N2O6. The molecule has 1 heterocycles. The van der Waals surface area contributed by atoms with Gasteiger partial charge in [0.25, 0.3) is 0 Å². The van der Waals surface area contributed by atoms with Gasteiger partial charge in [0.2, 0.25) is 0 Å². The van der Waals surface area contributed by atoms with Gasteiger partial charge in [-0.25, -0.2) is 4.79 Å². The molecule has 2 rings (SSSR count). The summed E-state index contributed by atoms with van der Waals surface area (Å²) in [6.45, 7) is 6.36. The third kappa shape index (κ3) is 7.55. The zero-order valence-corrected chi connectivity index (χ0v) is 18.4. The SMILES string of the molecule is CCCOC(=O)CN(CC(=O)OCCC)c1ccc(/C=C2/C(=O)ON=C2CCC)cc1. The van der Waals surface area contributed by atoms with Crippen LogP contribution in [-0.4, -0.2) is 49.9 Å². The molecule has 0 saturated heterocycles. The van der Waals surface area contributed by atoms with Gasteiger partial charge in [0.1, 0.15) is 13.1 Å². The van der Waals surface area contributed by atoms with E-state index in [4.69, 9.17) is 14.3 Å². The predicted octanol–water partition coefficient (Wildman–Crippen LogP) is 3.50. The number of oxime groups is 1. The molecule has 0 spiro atoms. The van der Waals surface area contributed by atoms with Crippen molar-refractivity contribution in [2.24, 2.45) is 5.16 Å². The standard InChI is InChI=1S/C23H30N2O6/c1-4-7-20-19(23(28)31-24-20)14-17-8-10-18(11-9-17)25(15-21(26)29-12-5-2)16-22(27)30-13-6-3/h8-11,14H,4-7,12-13,15-16H2,1-3H3/b19-14+. The summed E-state index contributed by atoms with van der Waals surface area (Å²) < 4.78 is 10.3. The highest BCUT2D eigenvalue weighted by Gasteiger charge is 2.24. The maximum atomic E-state index is 12.1. The van der Waals surface area contributed by atoms with Gasteiger partial charge >= 0.3 is 17.9 Å². The first-order valence-electron chi connectivity index (χ1n) is 10.6. The Hall–Kier alpha value is -3.16. The Morgan fingerprint density at radius 2 is 1.55 bits per heavy atom. The molecule has 8 heteroatoms. The maximum absolute atomic E-state index is 12.1. The summed E-state index contributed by atoms with van der Waals surface area (Å²) in [5.41, 5.74) is 2.53. The van der Waals surface area contributed by atoms with Crippen molar-refractivity contribution in [3.05, 3.63) is 35.4 Å². The van der Waals surface area contributed by atoms with Crippen LogP contribution in [0.1, 0.15) is 52.0 Å². The lowest BCUT2D eigenvalue weighted by molar-refractivity contribution is -0.143. The number of anilines is 1. The second kappa shape index (κ2) is 12.5. The van der Waals surface area contributed by atoms with Crippen LogP contribution < -0.4 is 4.90 Å². The highest BCUT2D eigenvalue weighted by Crippen LogP contribution is 2.21. The van der Waals surface area contributed by atoms with Crippen LogP contribution >= 0.6 is 0 Å². The Morgan fingerprint density at radius 1 is 0.968 bits per heavy atom. The first-order chi connectivity index (χ1) is 15.0. The van der Waals surface area contributed by atoms with Crippen LogP contribution in [0.15, 0.2) is 35.0 Å². The molecule has 0 radical (unpaired) electrons. The molecule has 1 aromatic rings. The molecule has 168 valence electrons. The molecule has 0 amide bonds. The Balaban J connectivity index is 2.17. The van der Waals surface area contributed by atoms with E-state index in [0.29, 0.717) is 36.6 Å². The first kappa shape index (κ1) is 24.1. The monoisotopic (exact) mass is 430 g/mol. The topological polar surface area (TPSA) is 94.5 Å². The molecule has 0 bridgehead atoms. The molecule has 0 unspecified atom stereocenters. The number of esters is 2. The van der Waals surface area contributed by atoms with Crippen molar-refractivity contribution >= 4 is 35.4 Å².